The second kappa shape index (κ2) is 7.18. The molecule has 0 bridgehead atoms. The Balaban J connectivity index is 1.53. The Kier molecular flexibility index (Phi) is 4.91. The molecule has 0 saturated carbocycles. The van der Waals surface area contributed by atoms with Gasteiger partial charge in [0.1, 0.15) is 11.1 Å². The summed E-state index contributed by atoms with van der Waals surface area (Å²) < 4.78 is 12.2. The second-order valence-corrected chi connectivity index (χ2v) is 9.28. The lowest BCUT2D eigenvalue weighted by Crippen LogP contribution is -2.66. The zero-order chi connectivity index (χ0) is 21.7. The van der Waals surface area contributed by atoms with Gasteiger partial charge in [0.05, 0.1) is 18.2 Å². The van der Waals surface area contributed by atoms with Crippen LogP contribution in [0.1, 0.15) is 50.4 Å². The summed E-state index contributed by atoms with van der Waals surface area (Å²) in [5.74, 6) is -0.384. The molecule has 2 aliphatic rings. The van der Waals surface area contributed by atoms with Gasteiger partial charge in [-0.2, -0.15) is 5.10 Å². The number of anilines is 1. The third kappa shape index (κ3) is 3.48. The summed E-state index contributed by atoms with van der Waals surface area (Å²) in [7, 11) is 3.23. The Hall–Kier alpha value is -2.77. The summed E-state index contributed by atoms with van der Waals surface area (Å²) in [6, 6.07) is 3.76. The van der Waals surface area contributed by atoms with E-state index in [0.29, 0.717) is 11.1 Å². The summed E-state index contributed by atoms with van der Waals surface area (Å²) >= 11 is 0. The van der Waals surface area contributed by atoms with Crippen molar-refractivity contribution in [2.45, 2.75) is 51.2 Å². The highest BCUT2D eigenvalue weighted by molar-refractivity contribution is 6.06. The molecule has 0 atom stereocenters. The maximum atomic E-state index is 12.6. The Morgan fingerprint density at radius 2 is 1.77 bits per heavy atom. The Morgan fingerprint density at radius 1 is 1.10 bits per heavy atom. The normalized spacial score (nSPS) is 18.4. The number of ether oxygens (including phenoxy) is 2. The molecule has 1 spiro atoms. The minimum atomic E-state index is -0.484. The molecule has 1 aromatic carbocycles. The van der Waals surface area contributed by atoms with Crippen LogP contribution in [-0.4, -0.2) is 64.6 Å². The quantitative estimate of drug-likeness (QED) is 0.702. The lowest BCUT2D eigenvalue weighted by Gasteiger charge is -2.56. The van der Waals surface area contributed by atoms with Gasteiger partial charge in [-0.15, -0.1) is 0 Å². The maximum Gasteiger partial charge on any atom is 0.410 e. The minimum absolute atomic E-state index is 0.0984. The van der Waals surface area contributed by atoms with Crippen LogP contribution in [-0.2, 0) is 16.5 Å². The number of hydrogen-bond acceptors (Lipinski definition) is 6. The number of rotatable bonds is 2. The van der Waals surface area contributed by atoms with Crippen molar-refractivity contribution in [2.75, 3.05) is 31.6 Å². The molecule has 0 aliphatic carbocycles. The summed E-state index contributed by atoms with van der Waals surface area (Å²) in [6.07, 6.45) is 4.54. The van der Waals surface area contributed by atoms with Crippen LogP contribution in [0.25, 0.3) is 10.9 Å². The van der Waals surface area contributed by atoms with E-state index in [1.165, 1.54) is 7.11 Å². The molecule has 0 N–H and O–H groups in total. The molecule has 0 radical (unpaired) electrons. The third-order valence-corrected chi connectivity index (χ3v) is 6.20. The number of carbonyl (C=O) groups is 2. The van der Waals surface area contributed by atoms with Gasteiger partial charge in [0, 0.05) is 44.0 Å². The van der Waals surface area contributed by atoms with E-state index in [1.807, 2.05) is 45.0 Å². The van der Waals surface area contributed by atoms with Gasteiger partial charge in [-0.05, 0) is 52.2 Å². The lowest BCUT2D eigenvalue weighted by molar-refractivity contribution is -0.0541. The van der Waals surface area contributed by atoms with Gasteiger partial charge in [-0.25, -0.2) is 9.59 Å². The molecule has 8 nitrogen and oxygen atoms in total. The number of aromatic nitrogens is 2. The highest BCUT2D eigenvalue weighted by Gasteiger charge is 2.50. The standard InChI is InChI=1S/C22H30N4O4/c1-21(2,3)30-20(28)26-13-10-22(26)8-11-25(12-9-22)17-7-6-15(19(27)29-5)18-16(17)14-24(4)23-18/h6-7,14H,8-13H2,1-5H3. The van der Waals surface area contributed by atoms with E-state index in [2.05, 4.69) is 10.00 Å². The molecule has 162 valence electrons. The average molecular weight is 415 g/mol. The fourth-order valence-electron chi connectivity index (χ4n) is 4.58. The van der Waals surface area contributed by atoms with Crippen LogP contribution in [0, 0.1) is 0 Å². The van der Waals surface area contributed by atoms with Gasteiger partial charge in [0.25, 0.3) is 0 Å². The van der Waals surface area contributed by atoms with E-state index in [9.17, 15) is 9.59 Å². The number of fused-ring (bicyclic) bond motifs is 1. The van der Waals surface area contributed by atoms with Crippen LogP contribution < -0.4 is 4.90 Å². The van der Waals surface area contributed by atoms with Crippen molar-refractivity contribution in [3.63, 3.8) is 0 Å². The molecule has 4 rings (SSSR count). The van der Waals surface area contributed by atoms with Crippen molar-refractivity contribution in [1.29, 1.82) is 0 Å². The van der Waals surface area contributed by atoms with Gasteiger partial charge in [-0.1, -0.05) is 0 Å². The molecule has 3 heterocycles. The predicted octanol–water partition coefficient (Wildman–Crippen LogP) is 3.34. The first kappa shape index (κ1) is 20.5. The zero-order valence-electron chi connectivity index (χ0n) is 18.4. The number of esters is 1. The van der Waals surface area contributed by atoms with E-state index in [-0.39, 0.29) is 17.6 Å². The molecule has 2 aliphatic heterocycles. The van der Waals surface area contributed by atoms with Crippen molar-refractivity contribution < 1.29 is 19.1 Å². The molecular formula is C22H30N4O4. The maximum absolute atomic E-state index is 12.6. The molecule has 1 amide bonds. The number of piperidine rings is 1. The number of methoxy groups -OCH3 is 1. The molecule has 1 aromatic heterocycles. The highest BCUT2D eigenvalue weighted by atomic mass is 16.6. The number of carbonyl (C=O) groups excluding carboxylic acids is 2. The van der Waals surface area contributed by atoms with Crippen molar-refractivity contribution in [3.8, 4) is 0 Å². The van der Waals surface area contributed by atoms with Crippen molar-refractivity contribution in [3.05, 3.63) is 23.9 Å². The number of amides is 1. The lowest BCUT2D eigenvalue weighted by atomic mass is 9.76. The largest absolute Gasteiger partial charge is 0.465 e. The molecular weight excluding hydrogens is 384 g/mol. The van der Waals surface area contributed by atoms with Crippen LogP contribution in [0.15, 0.2) is 18.3 Å². The zero-order valence-corrected chi connectivity index (χ0v) is 18.4. The van der Waals surface area contributed by atoms with Crippen LogP contribution >= 0.6 is 0 Å². The first-order valence-electron chi connectivity index (χ1n) is 10.4. The molecule has 2 saturated heterocycles. The monoisotopic (exact) mass is 414 g/mol. The summed E-state index contributed by atoms with van der Waals surface area (Å²) in [5, 5.41) is 5.42. The second-order valence-electron chi connectivity index (χ2n) is 9.28. The fourth-order valence-corrected chi connectivity index (χ4v) is 4.58. The van der Waals surface area contributed by atoms with E-state index < -0.39 is 5.60 Å². The first-order chi connectivity index (χ1) is 14.1. The van der Waals surface area contributed by atoms with E-state index in [0.717, 1.165) is 50.0 Å². The molecule has 8 heteroatoms. The smallest absolute Gasteiger partial charge is 0.410 e. The predicted molar refractivity (Wildman–Crippen MR) is 114 cm³/mol. The average Bonchev–Trinajstić information content (AvgIpc) is 3.05. The van der Waals surface area contributed by atoms with E-state index in [4.69, 9.17) is 9.47 Å². The number of likely N-dealkylation sites (tertiary alicyclic amines) is 1. The Labute approximate surface area is 176 Å². The van der Waals surface area contributed by atoms with Gasteiger partial charge in [0.15, 0.2) is 0 Å². The highest BCUT2D eigenvalue weighted by Crippen LogP contribution is 2.42. The molecule has 30 heavy (non-hydrogen) atoms. The fraction of sp³-hybridized carbons (Fsp3) is 0.591. The van der Waals surface area contributed by atoms with Gasteiger partial charge >= 0.3 is 12.1 Å². The molecule has 2 aromatic rings. The summed E-state index contributed by atoms with van der Waals surface area (Å²) in [5.41, 5.74) is 1.60. The molecule has 2 fully saturated rings. The van der Waals surface area contributed by atoms with Gasteiger partial charge in [-0.3, -0.25) is 4.68 Å². The topological polar surface area (TPSA) is 76.9 Å². The number of nitrogens with zero attached hydrogens (tertiary/aromatic N) is 4. The van der Waals surface area contributed by atoms with Crippen LogP contribution in [0.5, 0.6) is 0 Å². The third-order valence-electron chi connectivity index (χ3n) is 6.20. The van der Waals surface area contributed by atoms with Crippen molar-refractivity contribution in [2.24, 2.45) is 7.05 Å². The number of aryl methyl sites for hydroxylation is 1. The van der Waals surface area contributed by atoms with Crippen LogP contribution in [0.4, 0.5) is 10.5 Å². The van der Waals surface area contributed by atoms with Gasteiger partial charge in [0.2, 0.25) is 0 Å². The van der Waals surface area contributed by atoms with Crippen LogP contribution in [0.2, 0.25) is 0 Å². The van der Waals surface area contributed by atoms with Crippen molar-refractivity contribution in [1.82, 2.24) is 14.7 Å². The Morgan fingerprint density at radius 3 is 2.33 bits per heavy atom. The summed E-state index contributed by atoms with van der Waals surface area (Å²) in [6.45, 7) is 8.13. The SMILES string of the molecule is COC(=O)c1ccc(N2CCC3(CC2)CCN3C(=O)OC(C)(C)C)c2cn(C)nc12. The number of hydrogen-bond donors (Lipinski definition) is 0. The Bertz CT molecular complexity index is 983. The van der Waals surface area contributed by atoms with Crippen LogP contribution in [0.3, 0.4) is 0 Å². The van der Waals surface area contributed by atoms with E-state index in [1.54, 1.807) is 10.7 Å². The summed E-state index contributed by atoms with van der Waals surface area (Å²) in [4.78, 5) is 29.0. The van der Waals surface area contributed by atoms with E-state index >= 15 is 0 Å². The first-order valence-corrected chi connectivity index (χ1v) is 10.4. The van der Waals surface area contributed by atoms with Crippen molar-refractivity contribution >= 4 is 28.7 Å². The number of benzene rings is 1. The minimum Gasteiger partial charge on any atom is -0.465 e. The van der Waals surface area contributed by atoms with Gasteiger partial charge < -0.3 is 19.3 Å². The molecule has 0 unspecified atom stereocenters.